The number of hydrogen-bond donors (Lipinski definition) is 1. The monoisotopic (exact) mass is 274 g/mol. The van der Waals surface area contributed by atoms with Gasteiger partial charge in [-0.25, -0.2) is 8.78 Å². The molecule has 2 atom stereocenters. The lowest BCUT2D eigenvalue weighted by Gasteiger charge is -2.17. The van der Waals surface area contributed by atoms with Crippen LogP contribution in [0.25, 0.3) is 0 Å². The third-order valence-corrected chi connectivity index (χ3v) is 3.91. The number of nitrogens with one attached hydrogen (secondary N) is 1. The van der Waals surface area contributed by atoms with Gasteiger partial charge in [0.1, 0.15) is 11.6 Å². The summed E-state index contributed by atoms with van der Waals surface area (Å²) in [5.74, 6) is 0.454. The summed E-state index contributed by atoms with van der Waals surface area (Å²) in [6.07, 6.45) is 0. The van der Waals surface area contributed by atoms with Crippen LogP contribution < -0.4 is 5.32 Å². The van der Waals surface area contributed by atoms with Gasteiger partial charge in [0.15, 0.2) is 0 Å². The number of nitrogens with zero attached hydrogens (tertiary/aromatic N) is 1. The molecule has 5 heteroatoms. The quantitative estimate of drug-likeness (QED) is 0.888. The van der Waals surface area contributed by atoms with Crippen molar-refractivity contribution in [2.75, 3.05) is 26.2 Å². The molecule has 0 unspecified atom stereocenters. The summed E-state index contributed by atoms with van der Waals surface area (Å²) in [6.45, 7) is 4.38. The van der Waals surface area contributed by atoms with Crippen LogP contribution in [0.1, 0.15) is 5.56 Å². The Hall–Kier alpha value is -0.710. The highest BCUT2D eigenvalue weighted by atomic mass is 35.5. The molecule has 0 saturated carbocycles. The van der Waals surface area contributed by atoms with Crippen molar-refractivity contribution in [3.63, 3.8) is 0 Å². The van der Waals surface area contributed by atoms with E-state index in [0.717, 1.165) is 26.2 Å². The van der Waals surface area contributed by atoms with Crippen molar-refractivity contribution in [2.24, 2.45) is 11.8 Å². The van der Waals surface area contributed by atoms with E-state index in [1.165, 1.54) is 18.2 Å². The molecule has 100 valence electrons. The van der Waals surface area contributed by atoms with E-state index in [0.29, 0.717) is 18.4 Å². The summed E-state index contributed by atoms with van der Waals surface area (Å²) in [4.78, 5) is 2.16. The smallest absolute Gasteiger partial charge is 0.130 e. The third-order valence-electron chi connectivity index (χ3n) is 3.91. The lowest BCUT2D eigenvalue weighted by molar-refractivity contribution is 0.295. The molecular formula is C13H17ClF2N2. The van der Waals surface area contributed by atoms with E-state index < -0.39 is 11.6 Å². The Morgan fingerprint density at radius 3 is 2.22 bits per heavy atom. The molecule has 0 aromatic heterocycles. The maximum atomic E-state index is 13.5. The summed E-state index contributed by atoms with van der Waals surface area (Å²) >= 11 is 0. The maximum Gasteiger partial charge on any atom is 0.130 e. The molecule has 1 aromatic carbocycles. The Morgan fingerprint density at radius 2 is 1.67 bits per heavy atom. The maximum absolute atomic E-state index is 13.5. The molecule has 1 aromatic rings. The molecular weight excluding hydrogens is 258 g/mol. The molecule has 3 rings (SSSR count). The van der Waals surface area contributed by atoms with Crippen molar-refractivity contribution in [2.45, 2.75) is 6.54 Å². The fourth-order valence-corrected chi connectivity index (χ4v) is 2.99. The van der Waals surface area contributed by atoms with E-state index >= 15 is 0 Å². The van der Waals surface area contributed by atoms with Crippen LogP contribution in [0.3, 0.4) is 0 Å². The highest BCUT2D eigenvalue weighted by Crippen LogP contribution is 2.28. The molecule has 2 heterocycles. The van der Waals surface area contributed by atoms with Gasteiger partial charge in [-0.1, -0.05) is 6.07 Å². The molecule has 2 saturated heterocycles. The molecule has 0 aliphatic carbocycles. The molecule has 0 spiro atoms. The van der Waals surface area contributed by atoms with Crippen LogP contribution >= 0.6 is 12.4 Å². The fourth-order valence-electron chi connectivity index (χ4n) is 2.99. The second-order valence-electron chi connectivity index (χ2n) is 5.07. The van der Waals surface area contributed by atoms with Crippen molar-refractivity contribution in [3.8, 4) is 0 Å². The van der Waals surface area contributed by atoms with Crippen LogP contribution in [-0.2, 0) is 6.54 Å². The number of likely N-dealkylation sites (tertiary alicyclic amines) is 1. The Balaban J connectivity index is 0.00000120. The minimum absolute atomic E-state index is 0. The first-order valence-corrected chi connectivity index (χ1v) is 6.10. The van der Waals surface area contributed by atoms with Gasteiger partial charge in [-0.3, -0.25) is 4.90 Å². The molecule has 2 aliphatic heterocycles. The first-order chi connectivity index (χ1) is 8.24. The zero-order valence-corrected chi connectivity index (χ0v) is 10.9. The highest BCUT2D eigenvalue weighted by molar-refractivity contribution is 5.85. The van der Waals surface area contributed by atoms with Gasteiger partial charge >= 0.3 is 0 Å². The normalized spacial score (nSPS) is 27.0. The van der Waals surface area contributed by atoms with Crippen LogP contribution in [0, 0.1) is 23.5 Å². The van der Waals surface area contributed by atoms with E-state index in [-0.39, 0.29) is 18.0 Å². The standard InChI is InChI=1S/C13H16F2N2.ClH/c14-12-2-1-3-13(15)11(12)8-17-6-9-4-16-5-10(9)7-17;/h1-3,9-10,16H,4-8H2;1H/t9-,10+;. The first kappa shape index (κ1) is 13.7. The van der Waals surface area contributed by atoms with Crippen molar-refractivity contribution in [3.05, 3.63) is 35.4 Å². The van der Waals surface area contributed by atoms with E-state index in [9.17, 15) is 8.78 Å². The summed E-state index contributed by atoms with van der Waals surface area (Å²) in [5, 5.41) is 3.36. The zero-order valence-electron chi connectivity index (χ0n) is 10.0. The van der Waals surface area contributed by atoms with E-state index in [2.05, 4.69) is 10.2 Å². The minimum atomic E-state index is -0.430. The second-order valence-corrected chi connectivity index (χ2v) is 5.07. The highest BCUT2D eigenvalue weighted by Gasteiger charge is 2.36. The molecule has 0 bridgehead atoms. The summed E-state index contributed by atoms with van der Waals surface area (Å²) < 4.78 is 27.0. The predicted octanol–water partition coefficient (Wildman–Crippen LogP) is 2.04. The van der Waals surface area contributed by atoms with Crippen molar-refractivity contribution in [1.29, 1.82) is 0 Å². The molecule has 2 fully saturated rings. The van der Waals surface area contributed by atoms with Crippen LogP contribution in [0.5, 0.6) is 0 Å². The van der Waals surface area contributed by atoms with Gasteiger partial charge in [0.2, 0.25) is 0 Å². The zero-order chi connectivity index (χ0) is 11.8. The minimum Gasteiger partial charge on any atom is -0.316 e. The number of hydrogen-bond acceptors (Lipinski definition) is 2. The van der Waals surface area contributed by atoms with E-state index in [4.69, 9.17) is 0 Å². The molecule has 18 heavy (non-hydrogen) atoms. The summed E-state index contributed by atoms with van der Waals surface area (Å²) in [6, 6.07) is 4.07. The van der Waals surface area contributed by atoms with Gasteiger partial charge < -0.3 is 5.32 Å². The average molecular weight is 275 g/mol. The molecule has 1 N–H and O–H groups in total. The average Bonchev–Trinajstić information content (AvgIpc) is 2.83. The van der Waals surface area contributed by atoms with Crippen LogP contribution in [0.15, 0.2) is 18.2 Å². The van der Waals surface area contributed by atoms with Crippen molar-refractivity contribution in [1.82, 2.24) is 10.2 Å². The van der Waals surface area contributed by atoms with E-state index in [1.807, 2.05) is 0 Å². The lowest BCUT2D eigenvalue weighted by atomic mass is 10.0. The van der Waals surface area contributed by atoms with Crippen molar-refractivity contribution >= 4 is 12.4 Å². The summed E-state index contributed by atoms with van der Waals surface area (Å²) in [5.41, 5.74) is 0.209. The molecule has 2 nitrogen and oxygen atoms in total. The first-order valence-electron chi connectivity index (χ1n) is 6.10. The number of fused-ring (bicyclic) bond motifs is 1. The van der Waals surface area contributed by atoms with E-state index in [1.54, 1.807) is 0 Å². The van der Waals surface area contributed by atoms with Crippen molar-refractivity contribution < 1.29 is 8.78 Å². The predicted molar refractivity (Wildman–Crippen MR) is 68.7 cm³/mol. The largest absolute Gasteiger partial charge is 0.316 e. The van der Waals surface area contributed by atoms with Gasteiger partial charge in [0.05, 0.1) is 0 Å². The van der Waals surface area contributed by atoms with Crippen LogP contribution in [0.2, 0.25) is 0 Å². The Morgan fingerprint density at radius 1 is 1.11 bits per heavy atom. The number of halogens is 3. The van der Waals surface area contributed by atoms with Gasteiger partial charge in [0.25, 0.3) is 0 Å². The van der Waals surface area contributed by atoms with Crippen LogP contribution in [-0.4, -0.2) is 31.1 Å². The number of rotatable bonds is 2. The molecule has 2 aliphatic rings. The van der Waals surface area contributed by atoms with Gasteiger partial charge in [-0.2, -0.15) is 0 Å². The third kappa shape index (κ3) is 2.51. The number of benzene rings is 1. The van der Waals surface area contributed by atoms with Gasteiger partial charge in [-0.05, 0) is 37.1 Å². The Kier molecular flexibility index (Phi) is 4.20. The second kappa shape index (κ2) is 5.51. The lowest BCUT2D eigenvalue weighted by Crippen LogP contribution is -2.26. The van der Waals surface area contributed by atoms with Gasteiger partial charge in [-0.15, -0.1) is 12.4 Å². The topological polar surface area (TPSA) is 15.3 Å². The summed E-state index contributed by atoms with van der Waals surface area (Å²) in [7, 11) is 0. The Bertz CT molecular complexity index is 395. The van der Waals surface area contributed by atoms with Gasteiger partial charge in [0, 0.05) is 25.2 Å². The SMILES string of the molecule is Cl.Fc1cccc(F)c1CN1C[C@H]2CNC[C@H]2C1. The molecule has 0 amide bonds. The Labute approximate surface area is 112 Å². The molecule has 0 radical (unpaired) electrons. The van der Waals surface area contributed by atoms with Crippen LogP contribution in [0.4, 0.5) is 8.78 Å². The fraction of sp³-hybridized carbons (Fsp3) is 0.538.